The topological polar surface area (TPSA) is 23.5 Å². The molecule has 10 heavy (non-hydrogen) atoms. The van der Waals surface area contributed by atoms with Gasteiger partial charge in [-0.3, -0.25) is 0 Å². The standard InChI is InChI=1S/C7H15N.CH4O/c1-6(2)8(3)7-4-5-7;1-2/h6-7H,4-5H2,1-3H3;2H,1H3. The number of aliphatic hydroxyl groups is 1. The first-order valence-corrected chi connectivity index (χ1v) is 3.88. The largest absolute Gasteiger partial charge is 0.400 e. The SMILES string of the molecule is CC(C)N(C)C1CC1.CO. The van der Waals surface area contributed by atoms with Crippen LogP contribution in [0.3, 0.4) is 0 Å². The molecule has 0 atom stereocenters. The molecule has 0 bridgehead atoms. The quantitative estimate of drug-likeness (QED) is 0.629. The van der Waals surface area contributed by atoms with Gasteiger partial charge in [-0.15, -0.1) is 0 Å². The molecular weight excluding hydrogens is 126 g/mol. The van der Waals surface area contributed by atoms with Crippen molar-refractivity contribution < 1.29 is 5.11 Å². The molecule has 0 amide bonds. The van der Waals surface area contributed by atoms with Crippen LogP contribution < -0.4 is 0 Å². The third kappa shape index (κ3) is 3.18. The smallest absolute Gasteiger partial charge is 0.0319 e. The zero-order chi connectivity index (χ0) is 8.15. The summed E-state index contributed by atoms with van der Waals surface area (Å²) in [5.74, 6) is 0. The van der Waals surface area contributed by atoms with Crippen molar-refractivity contribution in [3.05, 3.63) is 0 Å². The van der Waals surface area contributed by atoms with E-state index in [1.165, 1.54) is 12.8 Å². The summed E-state index contributed by atoms with van der Waals surface area (Å²) >= 11 is 0. The lowest BCUT2D eigenvalue weighted by Crippen LogP contribution is -2.28. The maximum Gasteiger partial charge on any atom is 0.0319 e. The summed E-state index contributed by atoms with van der Waals surface area (Å²) in [4.78, 5) is 2.44. The van der Waals surface area contributed by atoms with Crippen LogP contribution in [0.25, 0.3) is 0 Å². The fourth-order valence-corrected chi connectivity index (χ4v) is 0.903. The molecule has 0 aromatic heterocycles. The number of aliphatic hydroxyl groups excluding tert-OH is 1. The van der Waals surface area contributed by atoms with Crippen molar-refractivity contribution >= 4 is 0 Å². The van der Waals surface area contributed by atoms with Gasteiger partial charge in [0.2, 0.25) is 0 Å². The van der Waals surface area contributed by atoms with Gasteiger partial charge < -0.3 is 10.0 Å². The maximum atomic E-state index is 7.00. The maximum absolute atomic E-state index is 7.00. The fraction of sp³-hybridized carbons (Fsp3) is 1.00. The van der Waals surface area contributed by atoms with E-state index in [0.717, 1.165) is 19.2 Å². The van der Waals surface area contributed by atoms with E-state index in [4.69, 9.17) is 5.11 Å². The number of hydrogen-bond donors (Lipinski definition) is 1. The van der Waals surface area contributed by atoms with Crippen molar-refractivity contribution in [1.29, 1.82) is 0 Å². The molecule has 0 heterocycles. The predicted molar refractivity (Wildman–Crippen MR) is 44.1 cm³/mol. The molecule has 0 saturated heterocycles. The van der Waals surface area contributed by atoms with Crippen LogP contribution in [0.15, 0.2) is 0 Å². The van der Waals surface area contributed by atoms with Gasteiger partial charge in [0.1, 0.15) is 0 Å². The molecule has 1 saturated carbocycles. The number of hydrogen-bond acceptors (Lipinski definition) is 2. The zero-order valence-corrected chi connectivity index (χ0v) is 7.46. The van der Waals surface area contributed by atoms with Gasteiger partial charge in [0.05, 0.1) is 0 Å². The van der Waals surface area contributed by atoms with Gasteiger partial charge in [0, 0.05) is 19.2 Å². The minimum atomic E-state index is 0.738. The van der Waals surface area contributed by atoms with E-state index in [0.29, 0.717) is 0 Å². The molecule has 0 aliphatic heterocycles. The van der Waals surface area contributed by atoms with Crippen molar-refractivity contribution in [3.63, 3.8) is 0 Å². The summed E-state index contributed by atoms with van der Waals surface area (Å²) in [7, 11) is 3.21. The van der Waals surface area contributed by atoms with Gasteiger partial charge in [0.25, 0.3) is 0 Å². The molecular formula is C8H19NO. The van der Waals surface area contributed by atoms with Crippen LogP contribution in [0, 0.1) is 0 Å². The van der Waals surface area contributed by atoms with Crippen molar-refractivity contribution in [1.82, 2.24) is 4.90 Å². The van der Waals surface area contributed by atoms with Gasteiger partial charge in [-0.2, -0.15) is 0 Å². The molecule has 0 aromatic rings. The molecule has 0 aromatic carbocycles. The first-order valence-electron chi connectivity index (χ1n) is 3.88. The van der Waals surface area contributed by atoms with Gasteiger partial charge in [0.15, 0.2) is 0 Å². The van der Waals surface area contributed by atoms with E-state index in [-0.39, 0.29) is 0 Å². The van der Waals surface area contributed by atoms with E-state index < -0.39 is 0 Å². The molecule has 2 nitrogen and oxygen atoms in total. The highest BCUT2D eigenvalue weighted by Gasteiger charge is 2.27. The third-order valence-corrected chi connectivity index (χ3v) is 1.94. The molecule has 0 unspecified atom stereocenters. The Morgan fingerprint density at radius 2 is 1.70 bits per heavy atom. The third-order valence-electron chi connectivity index (χ3n) is 1.94. The lowest BCUT2D eigenvalue weighted by Gasteiger charge is -2.19. The predicted octanol–water partition coefficient (Wildman–Crippen LogP) is 1.10. The highest BCUT2D eigenvalue weighted by atomic mass is 16.2. The minimum absolute atomic E-state index is 0.738. The Kier molecular flexibility index (Phi) is 4.65. The number of nitrogens with zero attached hydrogens (tertiary/aromatic N) is 1. The zero-order valence-electron chi connectivity index (χ0n) is 7.46. The minimum Gasteiger partial charge on any atom is -0.400 e. The van der Waals surface area contributed by atoms with Gasteiger partial charge >= 0.3 is 0 Å². The Bertz CT molecular complexity index is 77.3. The van der Waals surface area contributed by atoms with Gasteiger partial charge in [-0.1, -0.05) is 0 Å². The van der Waals surface area contributed by atoms with Crippen molar-refractivity contribution in [2.75, 3.05) is 14.2 Å². The van der Waals surface area contributed by atoms with E-state index in [1.54, 1.807) is 0 Å². The van der Waals surface area contributed by atoms with Gasteiger partial charge in [-0.25, -0.2) is 0 Å². The lowest BCUT2D eigenvalue weighted by atomic mass is 10.3. The van der Waals surface area contributed by atoms with Crippen LogP contribution in [0.5, 0.6) is 0 Å². The Balaban J connectivity index is 0.000000371. The molecule has 62 valence electrons. The van der Waals surface area contributed by atoms with Crippen LogP contribution in [-0.2, 0) is 0 Å². The summed E-state index contributed by atoms with van der Waals surface area (Å²) < 4.78 is 0. The van der Waals surface area contributed by atoms with Gasteiger partial charge in [-0.05, 0) is 33.7 Å². The lowest BCUT2D eigenvalue weighted by molar-refractivity contribution is 0.264. The van der Waals surface area contributed by atoms with Crippen LogP contribution in [0.2, 0.25) is 0 Å². The Morgan fingerprint density at radius 1 is 1.30 bits per heavy atom. The first-order chi connectivity index (χ1) is 4.72. The monoisotopic (exact) mass is 145 g/mol. The summed E-state index contributed by atoms with van der Waals surface area (Å²) in [6.07, 6.45) is 2.85. The van der Waals surface area contributed by atoms with E-state index in [1.807, 2.05) is 0 Å². The second-order valence-electron chi connectivity index (χ2n) is 2.99. The van der Waals surface area contributed by atoms with E-state index >= 15 is 0 Å². The highest BCUT2D eigenvalue weighted by molar-refractivity contribution is 4.83. The Labute approximate surface area is 63.8 Å². The van der Waals surface area contributed by atoms with Crippen molar-refractivity contribution in [2.45, 2.75) is 38.8 Å². The van der Waals surface area contributed by atoms with Crippen LogP contribution >= 0.6 is 0 Å². The van der Waals surface area contributed by atoms with Crippen molar-refractivity contribution in [2.24, 2.45) is 0 Å². The van der Waals surface area contributed by atoms with E-state index in [2.05, 4.69) is 25.8 Å². The second-order valence-corrected chi connectivity index (χ2v) is 2.99. The molecule has 0 radical (unpaired) electrons. The highest BCUT2D eigenvalue weighted by Crippen LogP contribution is 2.26. The van der Waals surface area contributed by atoms with Crippen molar-refractivity contribution in [3.8, 4) is 0 Å². The van der Waals surface area contributed by atoms with Crippen LogP contribution in [0.1, 0.15) is 26.7 Å². The average molecular weight is 145 g/mol. The molecule has 1 aliphatic carbocycles. The van der Waals surface area contributed by atoms with Crippen LogP contribution in [-0.4, -0.2) is 36.2 Å². The molecule has 1 rings (SSSR count). The second kappa shape index (κ2) is 4.69. The Morgan fingerprint density at radius 3 is 1.80 bits per heavy atom. The fourth-order valence-electron chi connectivity index (χ4n) is 0.903. The normalized spacial score (nSPS) is 17.1. The number of rotatable bonds is 2. The molecule has 1 aliphatic rings. The van der Waals surface area contributed by atoms with Crippen LogP contribution in [0.4, 0.5) is 0 Å². The first kappa shape index (κ1) is 9.92. The summed E-state index contributed by atoms with van der Waals surface area (Å²) in [6, 6.07) is 1.66. The molecule has 0 spiro atoms. The Hall–Kier alpha value is -0.0800. The van der Waals surface area contributed by atoms with E-state index in [9.17, 15) is 0 Å². The average Bonchev–Trinajstić information content (AvgIpc) is 2.72. The molecule has 1 fully saturated rings. The summed E-state index contributed by atoms with van der Waals surface area (Å²) in [6.45, 7) is 4.50. The molecule has 1 N–H and O–H groups in total. The summed E-state index contributed by atoms with van der Waals surface area (Å²) in [5.41, 5.74) is 0. The molecule has 2 heteroatoms. The summed E-state index contributed by atoms with van der Waals surface area (Å²) in [5, 5.41) is 7.00.